The summed E-state index contributed by atoms with van der Waals surface area (Å²) in [4.78, 5) is 3.61. The van der Waals surface area contributed by atoms with E-state index in [1.807, 2.05) is 0 Å². The van der Waals surface area contributed by atoms with Crippen molar-refractivity contribution in [2.45, 2.75) is 51.7 Å². The quantitative estimate of drug-likeness (QED) is 0.789. The molecule has 0 fully saturated rings. The summed E-state index contributed by atoms with van der Waals surface area (Å²) in [7, 11) is -1.98. The summed E-state index contributed by atoms with van der Waals surface area (Å²) in [5, 5.41) is 3.50. The van der Waals surface area contributed by atoms with E-state index in [0.29, 0.717) is 5.56 Å². The van der Waals surface area contributed by atoms with Gasteiger partial charge in [0.2, 0.25) is 0 Å². The standard InChI is InChI=1S/C14H20F3N3OSi/c1-13(2,3)22(4,5)21-9-10-7-6-8-20-11(10)18-12(19-20)14(15,16)17/h6-8H,9H2,1-5H3. The number of halogens is 3. The molecule has 0 saturated carbocycles. The zero-order valence-electron chi connectivity index (χ0n) is 13.3. The Labute approximate surface area is 128 Å². The van der Waals surface area contributed by atoms with Crippen LogP contribution in [0.25, 0.3) is 5.65 Å². The maximum Gasteiger partial charge on any atom is 0.453 e. The molecule has 122 valence electrons. The lowest BCUT2D eigenvalue weighted by atomic mass is 10.2. The molecule has 0 spiro atoms. The van der Waals surface area contributed by atoms with Crippen molar-refractivity contribution in [3.8, 4) is 0 Å². The van der Waals surface area contributed by atoms with Gasteiger partial charge in [-0.05, 0) is 24.2 Å². The third-order valence-electron chi connectivity index (χ3n) is 4.09. The Morgan fingerprint density at radius 2 is 1.86 bits per heavy atom. The Morgan fingerprint density at radius 1 is 1.23 bits per heavy atom. The van der Waals surface area contributed by atoms with Crippen molar-refractivity contribution in [2.24, 2.45) is 0 Å². The molecular formula is C14H20F3N3OSi. The van der Waals surface area contributed by atoms with Crippen molar-refractivity contribution in [1.29, 1.82) is 0 Å². The number of hydrogen-bond acceptors (Lipinski definition) is 3. The summed E-state index contributed by atoms with van der Waals surface area (Å²) >= 11 is 0. The molecule has 0 aliphatic rings. The molecule has 0 atom stereocenters. The number of fused-ring (bicyclic) bond motifs is 1. The second-order valence-corrected chi connectivity index (χ2v) is 11.6. The highest BCUT2D eigenvalue weighted by Crippen LogP contribution is 2.37. The monoisotopic (exact) mass is 331 g/mol. The molecular weight excluding hydrogens is 311 g/mol. The van der Waals surface area contributed by atoms with Gasteiger partial charge in [-0.2, -0.15) is 13.2 Å². The van der Waals surface area contributed by atoms with Gasteiger partial charge in [0.25, 0.3) is 5.82 Å². The highest BCUT2D eigenvalue weighted by atomic mass is 28.4. The Kier molecular flexibility index (Phi) is 4.12. The fraction of sp³-hybridized carbons (Fsp3) is 0.571. The molecule has 0 unspecified atom stereocenters. The SMILES string of the molecule is CC(C)(C)[Si](C)(C)OCc1cccn2nc(C(F)(F)F)nc12. The molecule has 0 aliphatic carbocycles. The van der Waals surface area contributed by atoms with Gasteiger partial charge in [0, 0.05) is 11.8 Å². The first-order valence-corrected chi connectivity index (χ1v) is 9.88. The normalized spacial score (nSPS) is 13.8. The van der Waals surface area contributed by atoms with Gasteiger partial charge < -0.3 is 4.43 Å². The Bertz CT molecular complexity index is 674. The van der Waals surface area contributed by atoms with E-state index < -0.39 is 20.3 Å². The van der Waals surface area contributed by atoms with Gasteiger partial charge in [0.15, 0.2) is 14.0 Å². The molecule has 2 aromatic heterocycles. The first kappa shape index (κ1) is 16.9. The van der Waals surface area contributed by atoms with Gasteiger partial charge >= 0.3 is 6.18 Å². The molecule has 8 heteroatoms. The third kappa shape index (κ3) is 3.32. The van der Waals surface area contributed by atoms with Gasteiger partial charge in [0.05, 0.1) is 6.61 Å². The topological polar surface area (TPSA) is 39.4 Å². The Hall–Kier alpha value is -1.41. The number of pyridine rings is 1. The first-order valence-electron chi connectivity index (χ1n) is 6.97. The molecule has 0 saturated heterocycles. The van der Waals surface area contributed by atoms with Crippen molar-refractivity contribution >= 4 is 14.0 Å². The fourth-order valence-corrected chi connectivity index (χ4v) is 2.62. The second-order valence-electron chi connectivity index (χ2n) is 6.78. The summed E-state index contributed by atoms with van der Waals surface area (Å²) in [5.74, 6) is -1.13. The van der Waals surface area contributed by atoms with Crippen LogP contribution in [0.5, 0.6) is 0 Å². The van der Waals surface area contributed by atoms with Crippen molar-refractivity contribution in [3.05, 3.63) is 29.7 Å². The third-order valence-corrected chi connectivity index (χ3v) is 8.57. The molecule has 4 nitrogen and oxygen atoms in total. The van der Waals surface area contributed by atoms with Crippen molar-refractivity contribution in [2.75, 3.05) is 0 Å². The fourth-order valence-electron chi connectivity index (χ4n) is 1.67. The molecule has 0 amide bonds. The summed E-state index contributed by atoms with van der Waals surface area (Å²) in [6, 6.07) is 3.36. The summed E-state index contributed by atoms with van der Waals surface area (Å²) in [6.07, 6.45) is -3.10. The number of nitrogens with zero attached hydrogens (tertiary/aromatic N) is 3. The lowest BCUT2D eigenvalue weighted by Crippen LogP contribution is -2.40. The second kappa shape index (κ2) is 5.34. The zero-order valence-corrected chi connectivity index (χ0v) is 14.3. The first-order chi connectivity index (χ1) is 9.92. The zero-order chi connectivity index (χ0) is 16.8. The molecule has 2 aromatic rings. The minimum absolute atomic E-state index is 0.0306. The highest BCUT2D eigenvalue weighted by molar-refractivity contribution is 6.74. The van der Waals surface area contributed by atoms with E-state index in [1.54, 1.807) is 12.1 Å². The van der Waals surface area contributed by atoms with Crippen LogP contribution in [0.4, 0.5) is 13.2 Å². The van der Waals surface area contributed by atoms with Gasteiger partial charge in [0.1, 0.15) is 0 Å². The minimum Gasteiger partial charge on any atom is -0.412 e. The maximum atomic E-state index is 12.7. The van der Waals surface area contributed by atoms with Crippen LogP contribution in [0.3, 0.4) is 0 Å². The minimum atomic E-state index is -4.55. The molecule has 2 heterocycles. The average molecular weight is 331 g/mol. The van der Waals surface area contributed by atoms with E-state index in [9.17, 15) is 13.2 Å². The van der Waals surface area contributed by atoms with E-state index in [1.165, 1.54) is 6.20 Å². The van der Waals surface area contributed by atoms with Crippen LogP contribution in [0, 0.1) is 0 Å². The Morgan fingerprint density at radius 3 is 2.41 bits per heavy atom. The van der Waals surface area contributed by atoms with Crippen LogP contribution in [0.1, 0.15) is 32.2 Å². The number of alkyl halides is 3. The molecule has 0 radical (unpaired) electrons. The predicted molar refractivity (Wildman–Crippen MR) is 80.0 cm³/mol. The highest BCUT2D eigenvalue weighted by Gasteiger charge is 2.38. The van der Waals surface area contributed by atoms with Crippen LogP contribution in [0.15, 0.2) is 18.3 Å². The Balaban J connectivity index is 2.31. The number of aromatic nitrogens is 3. The lowest BCUT2D eigenvalue weighted by Gasteiger charge is -2.36. The van der Waals surface area contributed by atoms with Crippen LogP contribution in [-0.2, 0) is 17.2 Å². The van der Waals surface area contributed by atoms with Crippen molar-refractivity contribution in [3.63, 3.8) is 0 Å². The molecule has 2 rings (SSSR count). The van der Waals surface area contributed by atoms with Gasteiger partial charge in [-0.25, -0.2) is 9.50 Å². The number of rotatable bonds is 3. The van der Waals surface area contributed by atoms with Crippen molar-refractivity contribution < 1.29 is 17.6 Å². The van der Waals surface area contributed by atoms with Gasteiger partial charge in [-0.3, -0.25) is 0 Å². The summed E-state index contributed by atoms with van der Waals surface area (Å²) in [5.41, 5.74) is 0.795. The molecule has 22 heavy (non-hydrogen) atoms. The molecule has 0 aromatic carbocycles. The van der Waals surface area contributed by atoms with E-state index in [-0.39, 0.29) is 17.3 Å². The predicted octanol–water partition coefficient (Wildman–Crippen LogP) is 4.27. The van der Waals surface area contributed by atoms with E-state index in [2.05, 4.69) is 43.9 Å². The molecule has 0 bridgehead atoms. The lowest BCUT2D eigenvalue weighted by molar-refractivity contribution is -0.144. The van der Waals surface area contributed by atoms with E-state index in [4.69, 9.17) is 4.43 Å². The van der Waals surface area contributed by atoms with Crippen LogP contribution < -0.4 is 0 Å². The average Bonchev–Trinajstić information content (AvgIpc) is 2.79. The summed E-state index contributed by atoms with van der Waals surface area (Å²) < 4.78 is 45.4. The number of hydrogen-bond donors (Lipinski definition) is 0. The van der Waals surface area contributed by atoms with Crippen LogP contribution in [0.2, 0.25) is 18.1 Å². The van der Waals surface area contributed by atoms with Crippen LogP contribution >= 0.6 is 0 Å². The smallest absolute Gasteiger partial charge is 0.412 e. The van der Waals surface area contributed by atoms with Gasteiger partial charge in [-0.1, -0.05) is 26.8 Å². The van der Waals surface area contributed by atoms with Crippen molar-refractivity contribution in [1.82, 2.24) is 14.6 Å². The largest absolute Gasteiger partial charge is 0.453 e. The molecule has 0 aliphatic heterocycles. The summed E-state index contributed by atoms with van der Waals surface area (Å²) in [6.45, 7) is 10.8. The van der Waals surface area contributed by atoms with Gasteiger partial charge in [-0.15, -0.1) is 5.10 Å². The molecule has 0 N–H and O–H groups in total. The van der Waals surface area contributed by atoms with E-state index >= 15 is 0 Å². The van der Waals surface area contributed by atoms with E-state index in [0.717, 1.165) is 4.52 Å². The maximum absolute atomic E-state index is 12.7. The van der Waals surface area contributed by atoms with Crippen LogP contribution in [-0.4, -0.2) is 22.9 Å².